The van der Waals surface area contributed by atoms with Crippen molar-refractivity contribution >= 4 is 34.5 Å². The minimum absolute atomic E-state index is 0.127. The zero-order valence-electron chi connectivity index (χ0n) is 47.9. The van der Waals surface area contributed by atoms with Crippen LogP contribution in [0.5, 0.6) is 11.5 Å². The van der Waals surface area contributed by atoms with Gasteiger partial charge in [-0.1, -0.05) is 144 Å². The molecule has 0 spiro atoms. The molecule has 1 aliphatic rings. The van der Waals surface area contributed by atoms with E-state index in [9.17, 15) is 24.7 Å². The summed E-state index contributed by atoms with van der Waals surface area (Å²) >= 11 is 0.777. The molecular formula is C68H90N2NiO6. The molecule has 0 bridgehead atoms. The summed E-state index contributed by atoms with van der Waals surface area (Å²) in [6.07, 6.45) is 26.1. The molecule has 8 nitrogen and oxygen atoms in total. The number of ketones is 4. The quantitative estimate of drug-likeness (QED) is 0.0194. The van der Waals surface area contributed by atoms with Gasteiger partial charge >= 0.3 is 95.0 Å². The topological polar surface area (TPSA) is 112 Å². The fraction of sp³-hybridized carbons (Fsp3) is 0.500. The fourth-order valence-corrected chi connectivity index (χ4v) is 10.0. The molecule has 0 unspecified atom stereocenters. The van der Waals surface area contributed by atoms with Crippen LogP contribution in [0.4, 0.5) is 0 Å². The van der Waals surface area contributed by atoms with Gasteiger partial charge in [0.25, 0.3) is 0 Å². The van der Waals surface area contributed by atoms with Gasteiger partial charge in [-0.3, -0.25) is 19.2 Å². The Balaban J connectivity index is 0.000000724. The molecule has 4 aromatic carbocycles. The Morgan fingerprint density at radius 3 is 1.22 bits per heavy atom. The third kappa shape index (κ3) is 22.7. The van der Waals surface area contributed by atoms with Gasteiger partial charge in [-0.2, -0.15) is 0 Å². The van der Waals surface area contributed by atoms with E-state index in [4.69, 9.17) is 7.76 Å². The van der Waals surface area contributed by atoms with E-state index in [0.717, 1.165) is 123 Å². The molecule has 0 N–H and O–H groups in total. The van der Waals surface area contributed by atoms with Crippen LogP contribution in [0.25, 0.3) is 16.9 Å². The number of para-hydroxylation sites is 2. The number of Topliss-reactive ketones (excluding diaryl/α,β-unsaturated/α-hetero) is 4. The van der Waals surface area contributed by atoms with Gasteiger partial charge in [0.2, 0.25) is 11.4 Å². The van der Waals surface area contributed by atoms with Crippen molar-refractivity contribution < 1.29 is 46.7 Å². The first-order chi connectivity index (χ1) is 37.5. The molecule has 9 heteroatoms. The number of hydrogen-bond acceptors (Lipinski definition) is 6. The molecule has 0 aromatic heterocycles. The van der Waals surface area contributed by atoms with Crippen LogP contribution >= 0.6 is 0 Å². The van der Waals surface area contributed by atoms with Crippen molar-refractivity contribution in [1.82, 2.24) is 0 Å². The molecule has 0 fully saturated rings. The molecule has 5 rings (SSSR count). The summed E-state index contributed by atoms with van der Waals surface area (Å²) in [5.74, 6) is 8.97. The Bertz CT molecular complexity index is 2500. The van der Waals surface area contributed by atoms with Crippen molar-refractivity contribution in [3.05, 3.63) is 147 Å². The van der Waals surface area contributed by atoms with Crippen LogP contribution in [0.2, 0.25) is 0 Å². The number of rotatable bonds is 36. The number of carbonyl (C=O) groups excluding carboxylic acids is 4. The number of benzene rings is 4. The summed E-state index contributed by atoms with van der Waals surface area (Å²) in [5, 5.41) is 0. The molecule has 0 radical (unpaired) electrons. The van der Waals surface area contributed by atoms with Gasteiger partial charge < -0.3 is 5.53 Å². The normalized spacial score (nSPS) is 11.9. The average Bonchev–Trinajstić information content (AvgIpc) is 3.79. The molecule has 4 aromatic rings. The van der Waals surface area contributed by atoms with E-state index >= 15 is 0 Å². The van der Waals surface area contributed by atoms with Crippen molar-refractivity contribution in [3.8, 4) is 23.3 Å². The molecule has 0 saturated carbocycles. The van der Waals surface area contributed by atoms with E-state index in [-0.39, 0.29) is 48.8 Å². The first-order valence-corrected chi connectivity index (χ1v) is 30.1. The van der Waals surface area contributed by atoms with Crippen molar-refractivity contribution in [2.24, 2.45) is 0 Å². The maximum atomic E-state index is 13.1. The fourth-order valence-electron chi connectivity index (χ4n) is 9.50. The van der Waals surface area contributed by atoms with Gasteiger partial charge in [0, 0.05) is 75.0 Å². The molecule has 1 heterocycles. The first-order valence-electron chi connectivity index (χ1n) is 29.3. The molecule has 0 saturated heterocycles. The van der Waals surface area contributed by atoms with Gasteiger partial charge in [-0.25, -0.2) is 4.70 Å². The van der Waals surface area contributed by atoms with Gasteiger partial charge in [0.15, 0.2) is 0 Å². The van der Waals surface area contributed by atoms with Crippen LogP contribution in [0.1, 0.15) is 228 Å². The Labute approximate surface area is 470 Å². The maximum absolute atomic E-state index is 13.1. The van der Waals surface area contributed by atoms with Crippen molar-refractivity contribution in [2.45, 2.75) is 222 Å². The summed E-state index contributed by atoms with van der Waals surface area (Å²) in [7, 11) is 0. The predicted molar refractivity (Wildman–Crippen MR) is 312 cm³/mol. The number of nitrogens with zero attached hydrogens (tertiary/aromatic N) is 2. The Morgan fingerprint density at radius 2 is 0.844 bits per heavy atom. The van der Waals surface area contributed by atoms with Crippen LogP contribution in [0.15, 0.2) is 96.6 Å². The van der Waals surface area contributed by atoms with Gasteiger partial charge in [0.05, 0.1) is 0 Å². The molecule has 0 amide bonds. The minimum atomic E-state index is 0.127. The molecule has 418 valence electrons. The van der Waals surface area contributed by atoms with E-state index in [0.29, 0.717) is 48.2 Å². The number of hydrogen-bond donors (Lipinski definition) is 0. The summed E-state index contributed by atoms with van der Waals surface area (Å²) in [6.45, 7) is 14.1. The van der Waals surface area contributed by atoms with Gasteiger partial charge in [0.1, 0.15) is 28.7 Å². The second-order valence-electron chi connectivity index (χ2n) is 20.4. The number of unbranched alkanes of at least 4 members (excludes halogenated alkanes) is 14. The average molecular weight is 1090 g/mol. The van der Waals surface area contributed by atoms with Crippen LogP contribution < -0.4 is 7.76 Å². The summed E-state index contributed by atoms with van der Waals surface area (Å²) in [6, 6.07) is 27.2. The van der Waals surface area contributed by atoms with Crippen molar-refractivity contribution in [2.75, 3.05) is 0 Å². The number of allylic oxidation sites excluding steroid dienone is 2. The summed E-state index contributed by atoms with van der Waals surface area (Å²) in [4.78, 5) is 52.2. The zero-order chi connectivity index (χ0) is 55.6. The third-order valence-corrected chi connectivity index (χ3v) is 14.8. The zero-order valence-corrected chi connectivity index (χ0v) is 48.9. The van der Waals surface area contributed by atoms with E-state index in [1.54, 1.807) is 0 Å². The van der Waals surface area contributed by atoms with Crippen LogP contribution in [0, 0.1) is 11.8 Å². The third-order valence-electron chi connectivity index (χ3n) is 14.2. The second kappa shape index (κ2) is 37.2. The van der Waals surface area contributed by atoms with E-state index in [2.05, 4.69) is 32.6 Å². The monoisotopic (exact) mass is 1090 g/mol. The van der Waals surface area contributed by atoms with E-state index < -0.39 is 0 Å². The SMILES string of the molecule is CCCCCCCCCCCCCCC#CC1=C(c2cc(CC(=O)CC)c(CCCC)c(CC(=O)CC)c2)[N+](=[N-])C(c2cc(CC(=O)CC)c(CCCC)c(CC(=O)CC)c2)=C1.c1ccc([O][Ni][O]c2ccccc2)cc1. The second-order valence-corrected chi connectivity index (χ2v) is 20.9. The first kappa shape index (κ1) is 63.8. The molecule has 0 atom stereocenters. The summed E-state index contributed by atoms with van der Waals surface area (Å²) in [5.41, 5.74) is 21.3. The predicted octanol–water partition coefficient (Wildman–Crippen LogP) is 17.4. The molecule has 77 heavy (non-hydrogen) atoms. The molecule has 1 aliphatic heterocycles. The van der Waals surface area contributed by atoms with E-state index in [1.807, 2.05) is 119 Å². The Morgan fingerprint density at radius 1 is 0.481 bits per heavy atom. The number of carbonyl (C=O) groups is 4. The summed E-state index contributed by atoms with van der Waals surface area (Å²) < 4.78 is 11.9. The van der Waals surface area contributed by atoms with Crippen molar-refractivity contribution in [1.29, 1.82) is 0 Å². The Kier molecular flexibility index (Phi) is 30.8. The van der Waals surface area contributed by atoms with Crippen LogP contribution in [0.3, 0.4) is 0 Å². The molecular weight excluding hydrogens is 999 g/mol. The Hall–Kier alpha value is -5.71. The molecule has 0 aliphatic carbocycles. The van der Waals surface area contributed by atoms with Crippen LogP contribution in [-0.2, 0) is 72.8 Å². The van der Waals surface area contributed by atoms with Gasteiger partial charge in [-0.15, -0.1) is 0 Å². The van der Waals surface area contributed by atoms with E-state index in [1.165, 1.54) is 68.9 Å². The van der Waals surface area contributed by atoms with Gasteiger partial charge in [-0.05, 0) is 89.8 Å². The van der Waals surface area contributed by atoms with Crippen LogP contribution in [-0.4, -0.2) is 27.8 Å². The van der Waals surface area contributed by atoms with Crippen molar-refractivity contribution in [3.63, 3.8) is 0 Å². The standard InChI is InChI=1S/C56H80N2O4.2C6H6O.Ni/c1-8-15-18-19-20-21-22-23-24-25-26-27-28-29-30-42-41-55(47-33-43(37-49(59)11-4)53(31-16-9-2)44(34-47)38-50(60)12-5)58(57)56(42)48-35-45(39-51(61)13-6)54(32-17-10-3)46(36-48)40-52(62)14-7;2*7-6-4-2-1-3-5-6;/h33-36,41H,8-28,31-32,37-40H2,1-7H3;2*1-5,7H;/q;;;+2/p-2.